The van der Waals surface area contributed by atoms with Crippen molar-refractivity contribution in [2.75, 3.05) is 27.4 Å². The monoisotopic (exact) mass is 388 g/mol. The van der Waals surface area contributed by atoms with Crippen molar-refractivity contribution < 1.29 is 37.0 Å². The summed E-state index contributed by atoms with van der Waals surface area (Å²) >= 11 is 0. The zero-order valence-corrected chi connectivity index (χ0v) is 14.9. The number of hydrogen-bond donors (Lipinski definition) is 1. The number of nitrogens with zero attached hydrogens (tertiary/aromatic N) is 1. The van der Waals surface area contributed by atoms with Crippen molar-refractivity contribution in [2.45, 2.75) is 19.3 Å². The smallest absolute Gasteiger partial charge is 0.466 e. The number of hydrogen-bond acceptors (Lipinski definition) is 5. The summed E-state index contributed by atoms with van der Waals surface area (Å²) < 4.78 is 50.5. The summed E-state index contributed by atoms with van der Waals surface area (Å²) in [4.78, 5) is 26.0. The summed E-state index contributed by atoms with van der Waals surface area (Å²) in [5.41, 5.74) is 0.963. The van der Waals surface area contributed by atoms with E-state index in [2.05, 4.69) is 10.1 Å². The molecular weight excluding hydrogens is 369 g/mol. The summed E-state index contributed by atoms with van der Waals surface area (Å²) in [6.45, 7) is 2.07. The van der Waals surface area contributed by atoms with E-state index in [0.29, 0.717) is 11.3 Å². The Morgan fingerprint density at radius 1 is 1.22 bits per heavy atom. The van der Waals surface area contributed by atoms with Crippen molar-refractivity contribution in [1.82, 2.24) is 10.2 Å². The Kier molecular flexibility index (Phi) is 6.32. The highest BCUT2D eigenvalue weighted by molar-refractivity contribution is 5.95. The lowest BCUT2D eigenvalue weighted by Gasteiger charge is -2.35. The molecular formula is C17H19F3N2O5. The molecule has 0 aliphatic carbocycles. The van der Waals surface area contributed by atoms with E-state index in [1.54, 1.807) is 6.92 Å². The molecule has 1 aliphatic heterocycles. The third kappa shape index (κ3) is 4.91. The van der Waals surface area contributed by atoms with Crippen LogP contribution in [0.1, 0.15) is 18.5 Å². The van der Waals surface area contributed by atoms with Gasteiger partial charge in [-0.3, -0.25) is 4.90 Å². The Morgan fingerprint density at radius 3 is 2.37 bits per heavy atom. The van der Waals surface area contributed by atoms with Crippen LogP contribution in [-0.2, 0) is 14.3 Å². The van der Waals surface area contributed by atoms with Gasteiger partial charge < -0.3 is 19.5 Å². The van der Waals surface area contributed by atoms with E-state index in [1.165, 1.54) is 31.3 Å². The molecule has 7 nitrogen and oxygen atoms in total. The molecule has 1 aromatic carbocycles. The van der Waals surface area contributed by atoms with Crippen LogP contribution in [0.25, 0.3) is 0 Å². The second-order valence-electron chi connectivity index (χ2n) is 5.63. The SMILES string of the molecule is COCCN1C(=O)NC(c2ccc(OC(F)(F)F)cc2)C(C(=O)OC)=C1C. The Bertz CT molecular complexity index is 731. The van der Waals surface area contributed by atoms with Crippen molar-refractivity contribution in [2.24, 2.45) is 0 Å². The van der Waals surface area contributed by atoms with Gasteiger partial charge in [-0.25, -0.2) is 9.59 Å². The van der Waals surface area contributed by atoms with Crippen molar-refractivity contribution in [3.8, 4) is 5.75 Å². The average Bonchev–Trinajstić information content (AvgIpc) is 2.60. The fourth-order valence-electron chi connectivity index (χ4n) is 2.72. The molecule has 1 aliphatic rings. The van der Waals surface area contributed by atoms with E-state index in [0.717, 1.165) is 12.1 Å². The molecule has 1 aromatic rings. The van der Waals surface area contributed by atoms with Crippen LogP contribution in [0.4, 0.5) is 18.0 Å². The van der Waals surface area contributed by atoms with Crippen LogP contribution in [0, 0.1) is 0 Å². The number of esters is 1. The first-order chi connectivity index (χ1) is 12.7. The largest absolute Gasteiger partial charge is 0.573 e. The molecule has 1 unspecified atom stereocenters. The maximum absolute atomic E-state index is 12.4. The van der Waals surface area contributed by atoms with Crippen LogP contribution in [0.2, 0.25) is 0 Å². The molecule has 1 N–H and O–H groups in total. The Morgan fingerprint density at radius 2 is 1.85 bits per heavy atom. The number of carbonyl (C=O) groups is 2. The van der Waals surface area contributed by atoms with E-state index in [1.807, 2.05) is 0 Å². The van der Waals surface area contributed by atoms with Gasteiger partial charge in [-0.2, -0.15) is 0 Å². The van der Waals surface area contributed by atoms with E-state index in [9.17, 15) is 22.8 Å². The number of methoxy groups -OCH3 is 2. The number of rotatable bonds is 6. The summed E-state index contributed by atoms with van der Waals surface area (Å²) in [6.07, 6.45) is -4.81. The van der Waals surface area contributed by atoms with E-state index in [4.69, 9.17) is 9.47 Å². The minimum absolute atomic E-state index is 0.178. The van der Waals surface area contributed by atoms with E-state index < -0.39 is 30.2 Å². The number of allylic oxidation sites excluding steroid dienone is 1. The number of amides is 2. The zero-order chi connectivity index (χ0) is 20.2. The number of benzene rings is 1. The first-order valence-corrected chi connectivity index (χ1v) is 7.89. The summed E-state index contributed by atoms with van der Waals surface area (Å²) in [5, 5.41) is 2.66. The molecule has 1 heterocycles. The molecule has 0 saturated carbocycles. The van der Waals surface area contributed by atoms with Crippen molar-refractivity contribution >= 4 is 12.0 Å². The molecule has 148 valence electrons. The maximum atomic E-state index is 12.4. The minimum atomic E-state index is -4.81. The Balaban J connectivity index is 2.38. The molecule has 10 heteroatoms. The topological polar surface area (TPSA) is 77.1 Å². The van der Waals surface area contributed by atoms with Gasteiger partial charge in [0.2, 0.25) is 0 Å². The second-order valence-corrected chi connectivity index (χ2v) is 5.63. The van der Waals surface area contributed by atoms with Crippen LogP contribution in [0.15, 0.2) is 35.5 Å². The first kappa shape index (κ1) is 20.6. The lowest BCUT2D eigenvalue weighted by atomic mass is 9.95. The number of carbonyl (C=O) groups excluding carboxylic acids is 2. The van der Waals surface area contributed by atoms with Crippen LogP contribution in [-0.4, -0.2) is 50.6 Å². The number of ether oxygens (including phenoxy) is 3. The second kappa shape index (κ2) is 8.30. The van der Waals surface area contributed by atoms with Crippen LogP contribution >= 0.6 is 0 Å². The average molecular weight is 388 g/mol. The standard InChI is InChI=1S/C17H19F3N2O5/c1-10-13(15(23)26-3)14(21-16(24)22(10)8-9-25-2)11-4-6-12(7-5-11)27-17(18,19)20/h4-7,14H,8-9H2,1-3H3,(H,21,24). The summed E-state index contributed by atoms with van der Waals surface area (Å²) in [7, 11) is 2.69. The van der Waals surface area contributed by atoms with Crippen molar-refractivity contribution in [1.29, 1.82) is 0 Å². The maximum Gasteiger partial charge on any atom is 0.573 e. The van der Waals surface area contributed by atoms with Gasteiger partial charge in [0.15, 0.2) is 0 Å². The van der Waals surface area contributed by atoms with E-state index >= 15 is 0 Å². The Hall–Kier alpha value is -2.75. The predicted octanol–water partition coefficient (Wildman–Crippen LogP) is 2.74. The molecule has 0 spiro atoms. The van der Waals surface area contributed by atoms with Crippen molar-refractivity contribution in [3.05, 3.63) is 41.1 Å². The van der Waals surface area contributed by atoms with Gasteiger partial charge in [0.25, 0.3) is 0 Å². The van der Waals surface area contributed by atoms with E-state index in [-0.39, 0.29) is 18.7 Å². The highest BCUT2D eigenvalue weighted by Crippen LogP contribution is 2.32. The quantitative estimate of drug-likeness (QED) is 0.759. The van der Waals surface area contributed by atoms with Gasteiger partial charge in [-0.15, -0.1) is 13.2 Å². The lowest BCUT2D eigenvalue weighted by molar-refractivity contribution is -0.274. The van der Waals surface area contributed by atoms with Gasteiger partial charge >= 0.3 is 18.4 Å². The van der Waals surface area contributed by atoms with Crippen LogP contribution in [0.5, 0.6) is 5.75 Å². The highest BCUT2D eigenvalue weighted by Gasteiger charge is 2.36. The molecule has 1 atom stereocenters. The molecule has 27 heavy (non-hydrogen) atoms. The number of halogens is 3. The fraction of sp³-hybridized carbons (Fsp3) is 0.412. The van der Waals surface area contributed by atoms with Gasteiger partial charge in [-0.05, 0) is 24.6 Å². The number of nitrogens with one attached hydrogen (secondary N) is 1. The molecule has 2 rings (SSSR count). The van der Waals surface area contributed by atoms with Gasteiger partial charge in [0.05, 0.1) is 31.9 Å². The summed E-state index contributed by atoms with van der Waals surface area (Å²) in [6, 6.07) is 3.56. The molecule has 0 bridgehead atoms. The normalized spacial score (nSPS) is 17.6. The van der Waals surface area contributed by atoms with Crippen LogP contribution < -0.4 is 10.1 Å². The number of urea groups is 1. The molecule has 2 amide bonds. The number of alkyl halides is 3. The van der Waals surface area contributed by atoms with Gasteiger partial charge in [0.1, 0.15) is 5.75 Å². The predicted molar refractivity (Wildman–Crippen MR) is 87.7 cm³/mol. The van der Waals surface area contributed by atoms with Gasteiger partial charge in [-0.1, -0.05) is 12.1 Å². The fourth-order valence-corrected chi connectivity index (χ4v) is 2.72. The molecule has 0 fully saturated rings. The third-order valence-corrected chi connectivity index (χ3v) is 3.97. The third-order valence-electron chi connectivity index (χ3n) is 3.97. The molecule has 0 aromatic heterocycles. The zero-order valence-electron chi connectivity index (χ0n) is 14.9. The van der Waals surface area contributed by atoms with Crippen LogP contribution in [0.3, 0.4) is 0 Å². The Labute approximate surface area is 153 Å². The lowest BCUT2D eigenvalue weighted by Crippen LogP contribution is -2.48. The van der Waals surface area contributed by atoms with Crippen molar-refractivity contribution in [3.63, 3.8) is 0 Å². The van der Waals surface area contributed by atoms with Gasteiger partial charge in [0, 0.05) is 12.8 Å². The summed E-state index contributed by atoms with van der Waals surface area (Å²) in [5.74, 6) is -1.06. The molecule has 0 saturated heterocycles. The minimum Gasteiger partial charge on any atom is -0.466 e. The first-order valence-electron chi connectivity index (χ1n) is 7.89. The molecule has 0 radical (unpaired) electrons. The highest BCUT2D eigenvalue weighted by atomic mass is 19.4.